The van der Waals surface area contributed by atoms with Crippen LogP contribution in [0.5, 0.6) is 0 Å². The highest BCUT2D eigenvalue weighted by Gasteiger charge is 2.21. The van der Waals surface area contributed by atoms with Crippen LogP contribution in [0.1, 0.15) is 0 Å². The van der Waals surface area contributed by atoms with E-state index in [1.807, 2.05) is 32.1 Å². The standard InChI is InChI=1S/C12H21N5O/c1-13-8-10-9-17(6-7-18-10)11-4-5-14-12(15-11)16(2)3/h4-5,10,13H,6-9H2,1-3H3. The van der Waals surface area contributed by atoms with E-state index in [4.69, 9.17) is 4.74 Å². The van der Waals surface area contributed by atoms with Crippen LogP contribution in [-0.2, 0) is 4.74 Å². The predicted octanol–water partition coefficient (Wildman–Crippen LogP) is -0.0328. The highest BCUT2D eigenvalue weighted by molar-refractivity contribution is 5.43. The minimum absolute atomic E-state index is 0.224. The smallest absolute Gasteiger partial charge is 0.226 e. The molecule has 1 saturated heterocycles. The second-order valence-electron chi connectivity index (χ2n) is 4.61. The zero-order valence-electron chi connectivity index (χ0n) is 11.3. The fraction of sp³-hybridized carbons (Fsp3) is 0.667. The molecular formula is C12H21N5O. The molecule has 0 radical (unpaired) electrons. The van der Waals surface area contributed by atoms with Crippen LogP contribution >= 0.6 is 0 Å². The Bertz CT molecular complexity index is 382. The van der Waals surface area contributed by atoms with E-state index >= 15 is 0 Å². The van der Waals surface area contributed by atoms with Crippen molar-refractivity contribution in [1.82, 2.24) is 15.3 Å². The number of hydrogen-bond donors (Lipinski definition) is 1. The molecule has 2 rings (SSSR count). The van der Waals surface area contributed by atoms with Gasteiger partial charge in [0.05, 0.1) is 12.7 Å². The highest BCUT2D eigenvalue weighted by Crippen LogP contribution is 2.16. The van der Waals surface area contributed by atoms with Crippen LogP contribution in [0, 0.1) is 0 Å². The number of morpholine rings is 1. The van der Waals surface area contributed by atoms with Crippen LogP contribution in [0.25, 0.3) is 0 Å². The van der Waals surface area contributed by atoms with Crippen molar-refractivity contribution in [2.45, 2.75) is 6.10 Å². The summed E-state index contributed by atoms with van der Waals surface area (Å²) < 4.78 is 5.69. The molecule has 0 spiro atoms. The summed E-state index contributed by atoms with van der Waals surface area (Å²) in [6.07, 6.45) is 2.03. The van der Waals surface area contributed by atoms with Gasteiger partial charge in [-0.2, -0.15) is 4.98 Å². The fourth-order valence-electron chi connectivity index (χ4n) is 2.01. The van der Waals surface area contributed by atoms with Crippen LogP contribution in [-0.4, -0.2) is 63.5 Å². The first-order valence-corrected chi connectivity index (χ1v) is 6.22. The van der Waals surface area contributed by atoms with Crippen molar-refractivity contribution in [2.24, 2.45) is 0 Å². The number of ether oxygens (including phenoxy) is 1. The van der Waals surface area contributed by atoms with Gasteiger partial charge in [0.2, 0.25) is 5.95 Å². The van der Waals surface area contributed by atoms with Crippen molar-refractivity contribution in [2.75, 3.05) is 57.2 Å². The van der Waals surface area contributed by atoms with Crippen molar-refractivity contribution < 1.29 is 4.74 Å². The molecule has 1 aromatic rings. The summed E-state index contributed by atoms with van der Waals surface area (Å²) in [5.74, 6) is 1.71. The molecule has 0 aromatic carbocycles. The summed E-state index contributed by atoms with van der Waals surface area (Å²) in [5, 5.41) is 3.15. The Kier molecular flexibility index (Phi) is 4.33. The molecule has 1 aromatic heterocycles. The van der Waals surface area contributed by atoms with Crippen LogP contribution in [0.3, 0.4) is 0 Å². The van der Waals surface area contributed by atoms with E-state index < -0.39 is 0 Å². The molecule has 1 fully saturated rings. The molecule has 100 valence electrons. The fourth-order valence-corrected chi connectivity index (χ4v) is 2.01. The van der Waals surface area contributed by atoms with Gasteiger partial charge < -0.3 is 19.9 Å². The van der Waals surface area contributed by atoms with Crippen LogP contribution in [0.4, 0.5) is 11.8 Å². The minimum Gasteiger partial charge on any atom is -0.373 e. The number of likely N-dealkylation sites (N-methyl/N-ethyl adjacent to an activating group) is 1. The Hall–Kier alpha value is -1.40. The lowest BCUT2D eigenvalue weighted by atomic mass is 10.2. The third-order valence-electron chi connectivity index (χ3n) is 2.92. The molecule has 6 nitrogen and oxygen atoms in total. The summed E-state index contributed by atoms with van der Waals surface area (Å²) in [6, 6.07) is 1.95. The summed E-state index contributed by atoms with van der Waals surface area (Å²) in [7, 11) is 5.83. The first-order chi connectivity index (χ1) is 8.70. The molecule has 1 aliphatic rings. The zero-order chi connectivity index (χ0) is 13.0. The summed E-state index contributed by atoms with van der Waals surface area (Å²) in [6.45, 7) is 3.35. The van der Waals surface area contributed by atoms with E-state index in [1.165, 1.54) is 0 Å². The molecule has 1 aliphatic heterocycles. The van der Waals surface area contributed by atoms with E-state index in [9.17, 15) is 0 Å². The van der Waals surface area contributed by atoms with Crippen LogP contribution < -0.4 is 15.1 Å². The van der Waals surface area contributed by atoms with E-state index in [0.29, 0.717) is 0 Å². The number of nitrogens with zero attached hydrogens (tertiary/aromatic N) is 4. The van der Waals surface area contributed by atoms with Gasteiger partial charge in [-0.15, -0.1) is 0 Å². The molecule has 18 heavy (non-hydrogen) atoms. The Morgan fingerprint density at radius 2 is 2.39 bits per heavy atom. The monoisotopic (exact) mass is 251 g/mol. The van der Waals surface area contributed by atoms with Crippen molar-refractivity contribution >= 4 is 11.8 Å². The third-order valence-corrected chi connectivity index (χ3v) is 2.92. The second-order valence-corrected chi connectivity index (χ2v) is 4.61. The number of hydrogen-bond acceptors (Lipinski definition) is 6. The Balaban J connectivity index is 2.08. The maximum Gasteiger partial charge on any atom is 0.226 e. The Morgan fingerprint density at radius 3 is 3.11 bits per heavy atom. The van der Waals surface area contributed by atoms with Gasteiger partial charge in [-0.3, -0.25) is 0 Å². The van der Waals surface area contributed by atoms with E-state index in [0.717, 1.165) is 38.0 Å². The van der Waals surface area contributed by atoms with Crippen molar-refractivity contribution in [3.05, 3.63) is 12.3 Å². The maximum absolute atomic E-state index is 5.69. The molecule has 2 heterocycles. The molecule has 6 heteroatoms. The minimum atomic E-state index is 0.224. The largest absolute Gasteiger partial charge is 0.373 e. The van der Waals surface area contributed by atoms with Crippen molar-refractivity contribution in [1.29, 1.82) is 0 Å². The topological polar surface area (TPSA) is 53.5 Å². The lowest BCUT2D eigenvalue weighted by molar-refractivity contribution is 0.0419. The highest BCUT2D eigenvalue weighted by atomic mass is 16.5. The SMILES string of the molecule is CNCC1CN(c2ccnc(N(C)C)n2)CCO1. The average molecular weight is 251 g/mol. The first-order valence-electron chi connectivity index (χ1n) is 6.22. The molecule has 1 atom stereocenters. The van der Waals surface area contributed by atoms with Crippen LogP contribution in [0.15, 0.2) is 12.3 Å². The van der Waals surface area contributed by atoms with Gasteiger partial charge in [0.15, 0.2) is 0 Å². The van der Waals surface area contributed by atoms with Gasteiger partial charge in [0.1, 0.15) is 5.82 Å². The lowest BCUT2D eigenvalue weighted by Crippen LogP contribution is -2.46. The van der Waals surface area contributed by atoms with Crippen molar-refractivity contribution in [3.63, 3.8) is 0 Å². The van der Waals surface area contributed by atoms with E-state index in [2.05, 4.69) is 20.2 Å². The van der Waals surface area contributed by atoms with E-state index in [1.54, 1.807) is 6.20 Å². The molecule has 0 saturated carbocycles. The summed E-state index contributed by atoms with van der Waals surface area (Å²) in [5.41, 5.74) is 0. The van der Waals surface area contributed by atoms with Crippen LogP contribution in [0.2, 0.25) is 0 Å². The second kappa shape index (κ2) is 5.97. The first kappa shape index (κ1) is 13.0. The summed E-state index contributed by atoms with van der Waals surface area (Å²) in [4.78, 5) is 13.0. The number of aromatic nitrogens is 2. The van der Waals surface area contributed by atoms with Gasteiger partial charge in [0, 0.05) is 39.9 Å². The van der Waals surface area contributed by atoms with Gasteiger partial charge in [-0.05, 0) is 13.1 Å². The summed E-state index contributed by atoms with van der Waals surface area (Å²) >= 11 is 0. The van der Waals surface area contributed by atoms with E-state index in [-0.39, 0.29) is 6.10 Å². The van der Waals surface area contributed by atoms with Gasteiger partial charge in [-0.25, -0.2) is 4.98 Å². The number of rotatable bonds is 4. The van der Waals surface area contributed by atoms with Gasteiger partial charge >= 0.3 is 0 Å². The normalized spacial score (nSPS) is 19.9. The number of nitrogens with one attached hydrogen (secondary N) is 1. The van der Waals surface area contributed by atoms with Gasteiger partial charge in [-0.1, -0.05) is 0 Å². The molecule has 1 N–H and O–H groups in total. The molecule has 1 unspecified atom stereocenters. The zero-order valence-corrected chi connectivity index (χ0v) is 11.3. The Labute approximate surface area is 108 Å². The third kappa shape index (κ3) is 3.08. The molecular weight excluding hydrogens is 230 g/mol. The lowest BCUT2D eigenvalue weighted by Gasteiger charge is -2.33. The Morgan fingerprint density at radius 1 is 1.56 bits per heavy atom. The predicted molar refractivity (Wildman–Crippen MR) is 72.2 cm³/mol. The maximum atomic E-state index is 5.69. The molecule has 0 aliphatic carbocycles. The number of anilines is 2. The van der Waals surface area contributed by atoms with Gasteiger partial charge in [0.25, 0.3) is 0 Å². The average Bonchev–Trinajstić information content (AvgIpc) is 2.39. The van der Waals surface area contributed by atoms with Crippen molar-refractivity contribution in [3.8, 4) is 0 Å². The quantitative estimate of drug-likeness (QED) is 0.811. The molecule has 0 bridgehead atoms. The molecule has 0 amide bonds.